The second-order valence-electron chi connectivity index (χ2n) is 8.88. The lowest BCUT2D eigenvalue weighted by Crippen LogP contribution is -2.38. The van der Waals surface area contributed by atoms with Crippen LogP contribution in [0.5, 0.6) is 5.75 Å². The average Bonchev–Trinajstić information content (AvgIpc) is 3.11. The summed E-state index contributed by atoms with van der Waals surface area (Å²) in [5.74, 6) is 2.17. The second kappa shape index (κ2) is 8.73. The van der Waals surface area contributed by atoms with Crippen molar-refractivity contribution in [2.75, 3.05) is 13.1 Å². The van der Waals surface area contributed by atoms with Gasteiger partial charge in [-0.15, -0.1) is 0 Å². The van der Waals surface area contributed by atoms with Crippen molar-refractivity contribution >= 4 is 10.9 Å². The van der Waals surface area contributed by atoms with Gasteiger partial charge in [0.15, 0.2) is 0 Å². The van der Waals surface area contributed by atoms with Crippen LogP contribution >= 0.6 is 0 Å². The minimum atomic E-state index is -4.25. The molecule has 2 aliphatic rings. The largest absolute Gasteiger partial charge is 0.490 e. The van der Waals surface area contributed by atoms with Crippen molar-refractivity contribution in [3.8, 4) is 5.75 Å². The zero-order chi connectivity index (χ0) is 22.1. The number of nitrogens with zero attached hydrogens (tertiary/aromatic N) is 4. The number of benzene rings is 1. The standard InChI is InChI=1S/C24H27F3N4O/c25-24(26,27)16-31-14-10-20-21(31)5-2-6-22(20)32-19-8-12-30(13-9-19)15-18-7-11-28-23(29-18)17-3-1-4-17/h2,5-7,10-11,14,17,19H,1,3-4,8-9,12-13,15-16H2. The quantitative estimate of drug-likeness (QED) is 0.517. The summed E-state index contributed by atoms with van der Waals surface area (Å²) in [6, 6.07) is 9.01. The molecule has 0 atom stereocenters. The first-order chi connectivity index (χ1) is 15.4. The van der Waals surface area contributed by atoms with Crippen molar-refractivity contribution in [2.24, 2.45) is 0 Å². The second-order valence-corrected chi connectivity index (χ2v) is 8.88. The third-order valence-corrected chi connectivity index (χ3v) is 6.54. The molecule has 32 heavy (non-hydrogen) atoms. The summed E-state index contributed by atoms with van der Waals surface area (Å²) < 4.78 is 46.0. The van der Waals surface area contributed by atoms with Gasteiger partial charge in [-0.05, 0) is 49.9 Å². The number of aromatic nitrogens is 3. The van der Waals surface area contributed by atoms with Crippen molar-refractivity contribution in [3.63, 3.8) is 0 Å². The molecule has 1 aliphatic heterocycles. The normalized spacial score (nSPS) is 18.7. The van der Waals surface area contributed by atoms with Gasteiger partial charge in [-0.3, -0.25) is 4.90 Å². The van der Waals surface area contributed by atoms with E-state index < -0.39 is 12.7 Å². The molecule has 3 aromatic rings. The lowest BCUT2D eigenvalue weighted by atomic mass is 9.85. The van der Waals surface area contributed by atoms with Gasteiger partial charge in [0.05, 0.1) is 11.2 Å². The Labute approximate surface area is 185 Å². The molecule has 8 heteroatoms. The smallest absolute Gasteiger partial charge is 0.406 e. The Morgan fingerprint density at radius 2 is 1.84 bits per heavy atom. The van der Waals surface area contributed by atoms with E-state index in [4.69, 9.17) is 9.72 Å². The highest BCUT2D eigenvalue weighted by atomic mass is 19.4. The van der Waals surface area contributed by atoms with Crippen molar-refractivity contribution in [1.82, 2.24) is 19.4 Å². The third-order valence-electron chi connectivity index (χ3n) is 6.54. The summed E-state index contributed by atoms with van der Waals surface area (Å²) >= 11 is 0. The molecule has 0 radical (unpaired) electrons. The molecule has 5 rings (SSSR count). The minimum absolute atomic E-state index is 0.0544. The fourth-order valence-corrected chi connectivity index (χ4v) is 4.59. The first-order valence-electron chi connectivity index (χ1n) is 11.3. The highest BCUT2D eigenvalue weighted by Gasteiger charge is 2.29. The summed E-state index contributed by atoms with van der Waals surface area (Å²) in [5, 5.41) is 0.726. The molecule has 0 amide bonds. The van der Waals surface area contributed by atoms with E-state index in [0.717, 1.165) is 49.4 Å². The predicted octanol–water partition coefficient (Wildman–Crippen LogP) is 5.30. The number of piperidine rings is 1. The number of alkyl halides is 3. The predicted molar refractivity (Wildman–Crippen MR) is 116 cm³/mol. The summed E-state index contributed by atoms with van der Waals surface area (Å²) in [7, 11) is 0. The van der Waals surface area contributed by atoms with E-state index in [1.165, 1.54) is 30.0 Å². The Bertz CT molecular complexity index is 1070. The summed E-state index contributed by atoms with van der Waals surface area (Å²) in [5.41, 5.74) is 1.61. The Morgan fingerprint density at radius 1 is 1.03 bits per heavy atom. The number of hydrogen-bond donors (Lipinski definition) is 0. The Balaban J connectivity index is 1.19. The maximum Gasteiger partial charge on any atom is 0.406 e. The zero-order valence-electron chi connectivity index (χ0n) is 17.9. The molecule has 0 N–H and O–H groups in total. The molecule has 0 bridgehead atoms. The van der Waals surface area contributed by atoms with Crippen LogP contribution in [0.25, 0.3) is 10.9 Å². The summed E-state index contributed by atoms with van der Waals surface area (Å²) in [4.78, 5) is 11.6. The van der Waals surface area contributed by atoms with Crippen LogP contribution < -0.4 is 4.74 Å². The molecule has 1 aliphatic carbocycles. The van der Waals surface area contributed by atoms with Gasteiger partial charge in [0.2, 0.25) is 0 Å². The highest BCUT2D eigenvalue weighted by molar-refractivity contribution is 5.86. The van der Waals surface area contributed by atoms with E-state index in [2.05, 4.69) is 9.88 Å². The minimum Gasteiger partial charge on any atom is -0.490 e. The fraction of sp³-hybridized carbons (Fsp3) is 0.500. The monoisotopic (exact) mass is 444 g/mol. The molecule has 5 nitrogen and oxygen atoms in total. The number of likely N-dealkylation sites (tertiary alicyclic amines) is 1. The van der Waals surface area contributed by atoms with Crippen LogP contribution in [0.4, 0.5) is 13.2 Å². The van der Waals surface area contributed by atoms with Gasteiger partial charge in [-0.1, -0.05) is 12.5 Å². The van der Waals surface area contributed by atoms with Gasteiger partial charge in [-0.25, -0.2) is 9.97 Å². The number of halogens is 3. The number of rotatable bonds is 6. The summed E-state index contributed by atoms with van der Waals surface area (Å²) in [6.45, 7) is 1.62. The van der Waals surface area contributed by atoms with Gasteiger partial charge >= 0.3 is 6.18 Å². The Hall–Kier alpha value is -2.61. The molecule has 3 heterocycles. The van der Waals surface area contributed by atoms with Crippen LogP contribution in [-0.2, 0) is 13.1 Å². The van der Waals surface area contributed by atoms with Gasteiger partial charge in [0.1, 0.15) is 24.2 Å². The SMILES string of the molecule is FC(F)(F)Cn1ccc2c(OC3CCN(Cc4ccnc(C5CCC5)n4)CC3)cccc21. The Kier molecular flexibility index (Phi) is 5.80. The number of ether oxygens (including phenoxy) is 1. The van der Waals surface area contributed by atoms with Crippen molar-refractivity contribution in [3.05, 3.63) is 54.2 Å². The van der Waals surface area contributed by atoms with E-state index in [-0.39, 0.29) is 6.10 Å². The highest BCUT2D eigenvalue weighted by Crippen LogP contribution is 2.34. The topological polar surface area (TPSA) is 43.2 Å². The summed E-state index contributed by atoms with van der Waals surface area (Å²) in [6.07, 6.45) is 4.56. The molecular weight excluding hydrogens is 417 g/mol. The fourth-order valence-electron chi connectivity index (χ4n) is 4.59. The lowest BCUT2D eigenvalue weighted by Gasteiger charge is -2.32. The van der Waals surface area contributed by atoms with E-state index in [0.29, 0.717) is 17.2 Å². The maximum absolute atomic E-state index is 12.8. The van der Waals surface area contributed by atoms with E-state index in [9.17, 15) is 13.2 Å². The van der Waals surface area contributed by atoms with Crippen LogP contribution in [0.15, 0.2) is 42.7 Å². The first kappa shape index (κ1) is 21.2. The zero-order valence-corrected chi connectivity index (χ0v) is 17.9. The first-order valence-corrected chi connectivity index (χ1v) is 11.3. The average molecular weight is 445 g/mol. The van der Waals surface area contributed by atoms with Gasteiger partial charge in [0.25, 0.3) is 0 Å². The molecule has 2 fully saturated rings. The number of hydrogen-bond acceptors (Lipinski definition) is 4. The lowest BCUT2D eigenvalue weighted by molar-refractivity contribution is -0.139. The van der Waals surface area contributed by atoms with Gasteiger partial charge < -0.3 is 9.30 Å². The molecule has 1 saturated heterocycles. The van der Waals surface area contributed by atoms with Crippen LogP contribution in [0, 0.1) is 0 Å². The van der Waals surface area contributed by atoms with Gasteiger partial charge in [0, 0.05) is 43.3 Å². The van der Waals surface area contributed by atoms with Gasteiger partial charge in [-0.2, -0.15) is 13.2 Å². The van der Waals surface area contributed by atoms with E-state index >= 15 is 0 Å². The van der Waals surface area contributed by atoms with Crippen LogP contribution in [0.1, 0.15) is 49.5 Å². The van der Waals surface area contributed by atoms with Crippen LogP contribution in [0.3, 0.4) is 0 Å². The number of fused-ring (bicyclic) bond motifs is 1. The molecule has 0 spiro atoms. The Morgan fingerprint density at radius 3 is 2.56 bits per heavy atom. The van der Waals surface area contributed by atoms with Crippen LogP contribution in [0.2, 0.25) is 0 Å². The van der Waals surface area contributed by atoms with Crippen LogP contribution in [-0.4, -0.2) is 44.8 Å². The van der Waals surface area contributed by atoms with Crippen molar-refractivity contribution in [2.45, 2.75) is 63.4 Å². The third kappa shape index (κ3) is 4.75. The molecule has 2 aromatic heterocycles. The molecule has 1 aromatic carbocycles. The molecular formula is C24H27F3N4O. The molecule has 0 unspecified atom stereocenters. The molecule has 170 valence electrons. The molecule has 1 saturated carbocycles. The van der Waals surface area contributed by atoms with Crippen molar-refractivity contribution in [1.29, 1.82) is 0 Å². The van der Waals surface area contributed by atoms with E-state index in [1.807, 2.05) is 18.3 Å². The maximum atomic E-state index is 12.8. The van der Waals surface area contributed by atoms with Crippen molar-refractivity contribution < 1.29 is 17.9 Å². The van der Waals surface area contributed by atoms with E-state index in [1.54, 1.807) is 18.2 Å².